The summed E-state index contributed by atoms with van der Waals surface area (Å²) in [6, 6.07) is 9.19. The topological polar surface area (TPSA) is 54.0 Å². The van der Waals surface area contributed by atoms with Crippen molar-refractivity contribution in [3.05, 3.63) is 52.1 Å². The number of amides is 1. The predicted octanol–water partition coefficient (Wildman–Crippen LogP) is 3.45. The van der Waals surface area contributed by atoms with E-state index in [9.17, 15) is 4.79 Å². The number of carbonyl (C=O) groups is 1. The minimum Gasteiger partial charge on any atom is -0.373 e. The molecule has 2 aromatic rings. The van der Waals surface area contributed by atoms with Gasteiger partial charge in [0.15, 0.2) is 0 Å². The van der Waals surface area contributed by atoms with Crippen LogP contribution in [0.5, 0.6) is 0 Å². The Morgan fingerprint density at radius 2 is 2.05 bits per heavy atom. The Kier molecular flexibility index (Phi) is 4.16. The number of carbonyl (C=O) groups excluding carboxylic acids is 1. The van der Waals surface area contributed by atoms with Gasteiger partial charge < -0.3 is 10.6 Å². The molecule has 0 aliphatic rings. The van der Waals surface area contributed by atoms with Crippen LogP contribution < -0.4 is 10.6 Å². The number of halogens is 1. The molecule has 0 saturated carbocycles. The third-order valence-electron chi connectivity index (χ3n) is 2.71. The van der Waals surface area contributed by atoms with E-state index in [-0.39, 0.29) is 5.91 Å². The number of rotatable bonds is 3. The molecule has 2 N–H and O–H groups in total. The van der Waals surface area contributed by atoms with Crippen LogP contribution in [0.3, 0.4) is 0 Å². The molecule has 4 nitrogen and oxygen atoms in total. The van der Waals surface area contributed by atoms with Crippen molar-refractivity contribution in [2.45, 2.75) is 6.92 Å². The molecule has 0 aliphatic carbocycles. The summed E-state index contributed by atoms with van der Waals surface area (Å²) in [7, 11) is 1.78. The minimum absolute atomic E-state index is 0.175. The first-order valence-corrected chi connectivity index (χ1v) is 6.61. The van der Waals surface area contributed by atoms with E-state index in [0.717, 1.165) is 21.5 Å². The predicted molar refractivity (Wildman–Crippen MR) is 80.6 cm³/mol. The van der Waals surface area contributed by atoms with Gasteiger partial charge in [0.25, 0.3) is 5.91 Å². The maximum atomic E-state index is 12.0. The average Bonchev–Trinajstić information content (AvgIpc) is 2.43. The van der Waals surface area contributed by atoms with Crippen molar-refractivity contribution in [2.24, 2.45) is 0 Å². The van der Waals surface area contributed by atoms with Gasteiger partial charge in [-0.3, -0.25) is 4.79 Å². The molecule has 0 unspecified atom stereocenters. The number of hydrogen-bond acceptors (Lipinski definition) is 3. The summed E-state index contributed by atoms with van der Waals surface area (Å²) in [6.07, 6.45) is 1.55. The maximum Gasteiger partial charge on any atom is 0.257 e. The summed E-state index contributed by atoms with van der Waals surface area (Å²) in [4.78, 5) is 16.1. The molecule has 0 fully saturated rings. The minimum atomic E-state index is -0.175. The quantitative estimate of drug-likeness (QED) is 0.911. The fourth-order valence-corrected chi connectivity index (χ4v) is 1.93. The van der Waals surface area contributed by atoms with Crippen LogP contribution in [0.2, 0.25) is 0 Å². The monoisotopic (exact) mass is 319 g/mol. The van der Waals surface area contributed by atoms with Crippen molar-refractivity contribution >= 4 is 33.3 Å². The van der Waals surface area contributed by atoms with Crippen LogP contribution in [0, 0.1) is 6.92 Å². The molecule has 0 saturated heterocycles. The van der Waals surface area contributed by atoms with Gasteiger partial charge in [0.2, 0.25) is 0 Å². The van der Waals surface area contributed by atoms with Gasteiger partial charge >= 0.3 is 0 Å². The van der Waals surface area contributed by atoms with E-state index in [1.54, 1.807) is 25.4 Å². The summed E-state index contributed by atoms with van der Waals surface area (Å²) in [6.45, 7) is 2.00. The Morgan fingerprint density at radius 1 is 1.26 bits per heavy atom. The third-order valence-corrected chi connectivity index (χ3v) is 3.57. The molecular formula is C14H14BrN3O. The van der Waals surface area contributed by atoms with Crippen molar-refractivity contribution in [1.82, 2.24) is 4.98 Å². The molecule has 2 rings (SSSR count). The van der Waals surface area contributed by atoms with E-state index < -0.39 is 0 Å². The number of hydrogen-bond donors (Lipinski definition) is 2. The lowest BCUT2D eigenvalue weighted by molar-refractivity contribution is 0.102. The van der Waals surface area contributed by atoms with Crippen LogP contribution in [0.25, 0.3) is 0 Å². The Balaban J connectivity index is 2.13. The van der Waals surface area contributed by atoms with Crippen LogP contribution in [-0.2, 0) is 0 Å². The first-order valence-electron chi connectivity index (χ1n) is 5.81. The van der Waals surface area contributed by atoms with E-state index >= 15 is 0 Å². The number of benzene rings is 1. The first-order chi connectivity index (χ1) is 9.10. The van der Waals surface area contributed by atoms with Crippen molar-refractivity contribution < 1.29 is 4.79 Å². The van der Waals surface area contributed by atoms with Crippen molar-refractivity contribution in [3.63, 3.8) is 0 Å². The zero-order valence-corrected chi connectivity index (χ0v) is 12.3. The second-order valence-corrected chi connectivity index (χ2v) is 4.95. The number of nitrogens with one attached hydrogen (secondary N) is 2. The lowest BCUT2D eigenvalue weighted by Gasteiger charge is -2.07. The van der Waals surface area contributed by atoms with Crippen LogP contribution in [0.15, 0.2) is 41.0 Å². The highest BCUT2D eigenvalue weighted by Crippen LogP contribution is 2.21. The molecule has 1 aromatic heterocycles. The van der Waals surface area contributed by atoms with Gasteiger partial charge in [0.05, 0.1) is 5.56 Å². The van der Waals surface area contributed by atoms with Crippen LogP contribution in [0.4, 0.5) is 11.5 Å². The summed E-state index contributed by atoms with van der Waals surface area (Å²) < 4.78 is 0.967. The van der Waals surface area contributed by atoms with Gasteiger partial charge in [-0.2, -0.15) is 0 Å². The third kappa shape index (κ3) is 3.32. The van der Waals surface area contributed by atoms with E-state index in [2.05, 4.69) is 31.5 Å². The summed E-state index contributed by atoms with van der Waals surface area (Å²) in [5, 5.41) is 5.74. The number of pyridine rings is 1. The van der Waals surface area contributed by atoms with Crippen molar-refractivity contribution in [1.29, 1.82) is 0 Å². The molecule has 0 radical (unpaired) electrons. The molecule has 1 heterocycles. The summed E-state index contributed by atoms with van der Waals surface area (Å²) >= 11 is 3.44. The van der Waals surface area contributed by atoms with Crippen molar-refractivity contribution in [3.8, 4) is 0 Å². The number of aryl methyl sites for hydroxylation is 1. The maximum absolute atomic E-state index is 12.0. The van der Waals surface area contributed by atoms with Crippen molar-refractivity contribution in [2.75, 3.05) is 17.7 Å². The zero-order chi connectivity index (χ0) is 13.8. The number of nitrogens with zero attached hydrogens (tertiary/aromatic N) is 1. The zero-order valence-electron chi connectivity index (χ0n) is 10.7. The highest BCUT2D eigenvalue weighted by atomic mass is 79.9. The number of anilines is 2. The SMILES string of the molecule is CNc1ccc(C(=O)Nc2ccc(C)c(Br)c2)cn1. The van der Waals surface area contributed by atoms with Crippen LogP contribution in [-0.4, -0.2) is 17.9 Å². The second kappa shape index (κ2) is 5.84. The molecule has 0 bridgehead atoms. The van der Waals surface area contributed by atoms with E-state index in [0.29, 0.717) is 5.56 Å². The van der Waals surface area contributed by atoms with Gasteiger partial charge in [0.1, 0.15) is 5.82 Å². The smallest absolute Gasteiger partial charge is 0.257 e. The number of aromatic nitrogens is 1. The molecule has 0 spiro atoms. The van der Waals surface area contributed by atoms with Crippen LogP contribution in [0.1, 0.15) is 15.9 Å². The summed E-state index contributed by atoms with van der Waals surface area (Å²) in [5.41, 5.74) is 2.40. The molecule has 5 heteroatoms. The second-order valence-electron chi connectivity index (χ2n) is 4.10. The first kappa shape index (κ1) is 13.5. The van der Waals surface area contributed by atoms with Gasteiger partial charge in [0, 0.05) is 23.4 Å². The van der Waals surface area contributed by atoms with Gasteiger partial charge in [-0.25, -0.2) is 4.98 Å². The van der Waals surface area contributed by atoms with Crippen LogP contribution >= 0.6 is 15.9 Å². The van der Waals surface area contributed by atoms with E-state index in [1.807, 2.05) is 25.1 Å². The highest BCUT2D eigenvalue weighted by Gasteiger charge is 2.07. The Morgan fingerprint density at radius 3 is 2.63 bits per heavy atom. The fraction of sp³-hybridized carbons (Fsp3) is 0.143. The van der Waals surface area contributed by atoms with E-state index in [4.69, 9.17) is 0 Å². The van der Waals surface area contributed by atoms with Gasteiger partial charge in [-0.05, 0) is 36.8 Å². The molecule has 19 heavy (non-hydrogen) atoms. The average molecular weight is 320 g/mol. The molecule has 0 atom stereocenters. The highest BCUT2D eigenvalue weighted by molar-refractivity contribution is 9.10. The lowest BCUT2D eigenvalue weighted by atomic mass is 10.2. The lowest BCUT2D eigenvalue weighted by Crippen LogP contribution is -2.12. The standard InChI is InChI=1S/C14H14BrN3O/c1-9-3-5-11(7-12(9)15)18-14(19)10-4-6-13(16-2)17-8-10/h3-8H,1-2H3,(H,16,17)(H,18,19). The summed E-state index contributed by atoms with van der Waals surface area (Å²) in [5.74, 6) is 0.556. The largest absolute Gasteiger partial charge is 0.373 e. The molecule has 98 valence electrons. The Labute approximate surface area is 120 Å². The fourth-order valence-electron chi connectivity index (χ4n) is 1.55. The molecule has 0 aliphatic heterocycles. The van der Waals surface area contributed by atoms with Gasteiger partial charge in [-0.15, -0.1) is 0 Å². The molecule has 1 aromatic carbocycles. The Hall–Kier alpha value is -1.88. The molecule has 1 amide bonds. The normalized spacial score (nSPS) is 10.1. The van der Waals surface area contributed by atoms with Gasteiger partial charge in [-0.1, -0.05) is 22.0 Å². The Bertz CT molecular complexity index is 596. The van der Waals surface area contributed by atoms with E-state index in [1.165, 1.54) is 0 Å². The molecular weight excluding hydrogens is 306 g/mol.